The molecule has 0 aliphatic heterocycles. The highest BCUT2D eigenvalue weighted by Crippen LogP contribution is 2.28. The van der Waals surface area contributed by atoms with Crippen LogP contribution in [0.2, 0.25) is 0 Å². The highest BCUT2D eigenvalue weighted by molar-refractivity contribution is 9.10. The van der Waals surface area contributed by atoms with E-state index in [-0.39, 0.29) is 17.7 Å². The van der Waals surface area contributed by atoms with Crippen molar-refractivity contribution >= 4 is 44.8 Å². The molecule has 1 heterocycles. The van der Waals surface area contributed by atoms with Gasteiger partial charge in [0.05, 0.1) is 10.0 Å². The second-order valence-electron chi connectivity index (χ2n) is 8.02. The van der Waals surface area contributed by atoms with E-state index in [0.29, 0.717) is 28.8 Å². The molecule has 36 heavy (non-hydrogen) atoms. The molecule has 8 heteroatoms. The number of para-hydroxylation sites is 1. The zero-order chi connectivity index (χ0) is 25.5. The van der Waals surface area contributed by atoms with Crippen molar-refractivity contribution in [1.82, 2.24) is 10.3 Å². The largest absolute Gasteiger partial charge is 0.488 e. The van der Waals surface area contributed by atoms with Gasteiger partial charge in [0.15, 0.2) is 0 Å². The Bertz CT molecular complexity index is 1480. The molecule has 0 fully saturated rings. The molecule has 180 valence electrons. The summed E-state index contributed by atoms with van der Waals surface area (Å²) in [5.74, 6) is -0.830. The van der Waals surface area contributed by atoms with Crippen molar-refractivity contribution in [2.24, 2.45) is 0 Å². The summed E-state index contributed by atoms with van der Waals surface area (Å²) in [5, 5.41) is 22.4. The Morgan fingerprint density at radius 2 is 1.89 bits per heavy atom. The van der Waals surface area contributed by atoms with Crippen molar-refractivity contribution in [1.29, 1.82) is 5.26 Å². The van der Waals surface area contributed by atoms with E-state index in [4.69, 9.17) is 9.84 Å². The van der Waals surface area contributed by atoms with Gasteiger partial charge in [0.2, 0.25) is 0 Å². The maximum atomic E-state index is 12.6. The number of ether oxygens (including phenoxy) is 1. The van der Waals surface area contributed by atoms with E-state index in [1.807, 2.05) is 36.5 Å². The van der Waals surface area contributed by atoms with Gasteiger partial charge in [-0.2, -0.15) is 5.26 Å². The summed E-state index contributed by atoms with van der Waals surface area (Å²) in [4.78, 5) is 26.7. The summed E-state index contributed by atoms with van der Waals surface area (Å²) in [7, 11) is 0. The van der Waals surface area contributed by atoms with E-state index in [2.05, 4.69) is 26.2 Å². The Morgan fingerprint density at radius 3 is 2.61 bits per heavy atom. The number of H-pyrrole nitrogens is 1. The van der Waals surface area contributed by atoms with Crippen molar-refractivity contribution in [2.75, 3.05) is 6.54 Å². The van der Waals surface area contributed by atoms with Crippen LogP contribution in [0, 0.1) is 11.3 Å². The Balaban J connectivity index is 1.35. The molecule has 1 amide bonds. The van der Waals surface area contributed by atoms with Gasteiger partial charge < -0.3 is 20.1 Å². The van der Waals surface area contributed by atoms with E-state index in [1.165, 1.54) is 18.2 Å². The Morgan fingerprint density at radius 1 is 1.11 bits per heavy atom. The van der Waals surface area contributed by atoms with Gasteiger partial charge in [-0.1, -0.05) is 36.4 Å². The number of rotatable bonds is 9. The highest BCUT2D eigenvalue weighted by atomic mass is 79.9. The number of aromatic carboxylic acids is 1. The zero-order valence-corrected chi connectivity index (χ0v) is 20.7. The van der Waals surface area contributed by atoms with Crippen LogP contribution >= 0.6 is 15.9 Å². The quantitative estimate of drug-likeness (QED) is 0.191. The van der Waals surface area contributed by atoms with Gasteiger partial charge in [0, 0.05) is 23.6 Å². The number of carbonyl (C=O) groups excluding carboxylic acids is 1. The van der Waals surface area contributed by atoms with Crippen molar-refractivity contribution in [3.63, 3.8) is 0 Å². The number of amides is 1. The first-order valence-corrected chi connectivity index (χ1v) is 11.9. The van der Waals surface area contributed by atoms with Crippen LogP contribution in [0.15, 0.2) is 83.0 Å². The number of aromatic nitrogens is 1. The SMILES string of the molecule is N#C/C(=C/c1ccc(OCc2ccc(C(=O)O)cc2)c(Br)c1)C(=O)NCCc1c[nH]c2ccccc12. The summed E-state index contributed by atoms with van der Waals surface area (Å²) in [6.07, 6.45) is 4.11. The first kappa shape index (κ1) is 24.8. The summed E-state index contributed by atoms with van der Waals surface area (Å²) >= 11 is 3.47. The van der Waals surface area contributed by atoms with Gasteiger partial charge in [-0.25, -0.2) is 4.79 Å². The van der Waals surface area contributed by atoms with Gasteiger partial charge >= 0.3 is 5.97 Å². The van der Waals surface area contributed by atoms with E-state index in [0.717, 1.165) is 22.0 Å². The second-order valence-corrected chi connectivity index (χ2v) is 8.87. The predicted molar refractivity (Wildman–Crippen MR) is 140 cm³/mol. The maximum absolute atomic E-state index is 12.6. The molecule has 0 saturated carbocycles. The topological polar surface area (TPSA) is 115 Å². The minimum Gasteiger partial charge on any atom is -0.488 e. The first-order chi connectivity index (χ1) is 17.4. The molecule has 0 unspecified atom stereocenters. The summed E-state index contributed by atoms with van der Waals surface area (Å²) in [6.45, 7) is 0.666. The molecule has 0 spiro atoms. The normalized spacial score (nSPS) is 11.2. The van der Waals surface area contributed by atoms with E-state index in [1.54, 1.807) is 30.3 Å². The third-order valence-corrected chi connectivity index (χ3v) is 6.20. The van der Waals surface area contributed by atoms with Gasteiger partial charge in [0.1, 0.15) is 24.0 Å². The Hall–Kier alpha value is -4.35. The van der Waals surface area contributed by atoms with Crippen LogP contribution in [0.4, 0.5) is 0 Å². The van der Waals surface area contributed by atoms with Gasteiger partial charge in [-0.15, -0.1) is 0 Å². The third kappa shape index (κ3) is 6.01. The monoisotopic (exact) mass is 543 g/mol. The number of nitriles is 1. The third-order valence-electron chi connectivity index (χ3n) is 5.58. The molecule has 0 aliphatic rings. The van der Waals surface area contributed by atoms with Crippen molar-refractivity contribution in [3.8, 4) is 11.8 Å². The number of hydrogen-bond donors (Lipinski definition) is 3. The average molecular weight is 544 g/mol. The molecular formula is C28H22BrN3O4. The van der Waals surface area contributed by atoms with Gasteiger partial charge in [-0.3, -0.25) is 4.79 Å². The number of benzene rings is 3. The van der Waals surface area contributed by atoms with Crippen LogP contribution in [0.25, 0.3) is 17.0 Å². The van der Waals surface area contributed by atoms with Gasteiger partial charge in [0.25, 0.3) is 5.91 Å². The minimum absolute atomic E-state index is 0.00742. The van der Waals surface area contributed by atoms with E-state index in [9.17, 15) is 14.9 Å². The van der Waals surface area contributed by atoms with E-state index < -0.39 is 11.9 Å². The van der Waals surface area contributed by atoms with E-state index >= 15 is 0 Å². The average Bonchev–Trinajstić information content (AvgIpc) is 3.30. The molecule has 4 aromatic rings. The fraction of sp³-hybridized carbons (Fsp3) is 0.107. The minimum atomic E-state index is -0.978. The molecule has 0 saturated heterocycles. The molecule has 4 rings (SSSR count). The lowest BCUT2D eigenvalue weighted by Gasteiger charge is -2.09. The van der Waals surface area contributed by atoms with Crippen LogP contribution in [0.3, 0.4) is 0 Å². The first-order valence-electron chi connectivity index (χ1n) is 11.1. The molecule has 0 aliphatic carbocycles. The van der Waals surface area contributed by atoms with Crippen molar-refractivity contribution in [3.05, 3.63) is 105 Å². The number of carboxylic acids is 1. The number of fused-ring (bicyclic) bond motifs is 1. The fourth-order valence-electron chi connectivity index (χ4n) is 3.69. The van der Waals surface area contributed by atoms with Crippen LogP contribution in [0.1, 0.15) is 27.0 Å². The molecule has 0 atom stereocenters. The number of hydrogen-bond acceptors (Lipinski definition) is 4. The molecule has 3 N–H and O–H groups in total. The fourth-order valence-corrected chi connectivity index (χ4v) is 4.20. The summed E-state index contributed by atoms with van der Waals surface area (Å²) < 4.78 is 6.48. The number of halogens is 1. The Labute approximate surface area is 216 Å². The lowest BCUT2D eigenvalue weighted by molar-refractivity contribution is -0.117. The number of nitrogens with one attached hydrogen (secondary N) is 2. The predicted octanol–water partition coefficient (Wildman–Crippen LogP) is 5.47. The number of carbonyl (C=O) groups is 2. The van der Waals surface area contributed by atoms with Crippen LogP contribution in [0.5, 0.6) is 5.75 Å². The smallest absolute Gasteiger partial charge is 0.335 e. The summed E-state index contributed by atoms with van der Waals surface area (Å²) in [6, 6.07) is 21.7. The number of nitrogens with zero attached hydrogens (tertiary/aromatic N) is 1. The second kappa shape index (κ2) is 11.4. The standard InChI is InChI=1S/C28H22BrN3O4/c29-24-14-19(7-10-26(24)36-17-18-5-8-20(9-6-18)28(34)35)13-22(15-30)27(33)31-12-11-21-16-32-25-4-2-1-3-23(21)25/h1-10,13-14,16,32H,11-12,17H2,(H,31,33)(H,34,35)/b22-13-. The molecule has 3 aromatic carbocycles. The lowest BCUT2D eigenvalue weighted by atomic mass is 10.1. The molecule has 0 bridgehead atoms. The highest BCUT2D eigenvalue weighted by Gasteiger charge is 2.11. The molecular weight excluding hydrogens is 522 g/mol. The lowest BCUT2D eigenvalue weighted by Crippen LogP contribution is -2.26. The number of aromatic amines is 1. The Kier molecular flexibility index (Phi) is 7.83. The zero-order valence-electron chi connectivity index (χ0n) is 19.1. The number of carboxylic acid groups (broad SMARTS) is 1. The maximum Gasteiger partial charge on any atom is 0.335 e. The molecule has 7 nitrogen and oxygen atoms in total. The van der Waals surface area contributed by atoms with Gasteiger partial charge in [-0.05, 0) is 75.4 Å². The van der Waals surface area contributed by atoms with Crippen LogP contribution in [-0.2, 0) is 17.8 Å². The van der Waals surface area contributed by atoms with Crippen molar-refractivity contribution < 1.29 is 19.4 Å². The van der Waals surface area contributed by atoms with Crippen LogP contribution in [-0.4, -0.2) is 28.5 Å². The van der Waals surface area contributed by atoms with Crippen LogP contribution < -0.4 is 10.1 Å². The molecule has 0 radical (unpaired) electrons. The molecule has 1 aromatic heterocycles. The van der Waals surface area contributed by atoms with Crippen molar-refractivity contribution in [2.45, 2.75) is 13.0 Å². The summed E-state index contributed by atoms with van der Waals surface area (Å²) in [5.41, 5.74) is 3.87.